The Morgan fingerprint density at radius 3 is 2.56 bits per heavy atom. The summed E-state index contributed by atoms with van der Waals surface area (Å²) in [5.41, 5.74) is -0.371. The second-order valence-corrected chi connectivity index (χ2v) is 7.41. The zero-order valence-corrected chi connectivity index (χ0v) is 15.2. The normalized spacial score (nSPS) is 24.2. The fraction of sp³-hybridized carbons (Fsp3) is 0.500. The van der Waals surface area contributed by atoms with E-state index in [1.807, 2.05) is 0 Å². The van der Waals surface area contributed by atoms with Gasteiger partial charge in [0, 0.05) is 22.9 Å². The van der Waals surface area contributed by atoms with Crippen LogP contribution < -0.4 is 5.32 Å². The Labute approximate surface area is 160 Å². The summed E-state index contributed by atoms with van der Waals surface area (Å²) in [4.78, 5) is 46.7. The van der Waals surface area contributed by atoms with Crippen LogP contribution in [0.15, 0.2) is 18.2 Å². The van der Waals surface area contributed by atoms with Crippen LogP contribution in [0.25, 0.3) is 0 Å². The molecule has 0 spiro atoms. The number of ether oxygens (including phenoxy) is 1. The monoisotopic (exact) mass is 394 g/mol. The van der Waals surface area contributed by atoms with Gasteiger partial charge in [0.1, 0.15) is 11.5 Å². The van der Waals surface area contributed by atoms with Gasteiger partial charge in [0.2, 0.25) is 0 Å². The van der Waals surface area contributed by atoms with E-state index >= 15 is 0 Å². The smallest absolute Gasteiger partial charge is 0.309 e. The molecule has 27 heavy (non-hydrogen) atoms. The third-order valence-corrected chi connectivity index (χ3v) is 5.39. The van der Waals surface area contributed by atoms with E-state index in [4.69, 9.17) is 16.3 Å². The Morgan fingerprint density at radius 2 is 1.93 bits per heavy atom. The molecule has 1 N–H and O–H groups in total. The van der Waals surface area contributed by atoms with Crippen molar-refractivity contribution in [3.63, 3.8) is 0 Å². The first-order chi connectivity index (χ1) is 12.8. The Balaban J connectivity index is 1.55. The number of hydrogen-bond donors (Lipinski definition) is 1. The molecule has 2 aliphatic carbocycles. The average Bonchev–Trinajstić information content (AvgIpc) is 2.59. The molecule has 3 rings (SSSR count). The molecular formula is C18H19ClN2O6. The number of amides is 1. The maximum atomic E-state index is 12.3. The van der Waals surface area contributed by atoms with Crippen molar-refractivity contribution >= 4 is 40.6 Å². The molecule has 2 bridgehead atoms. The lowest BCUT2D eigenvalue weighted by Crippen LogP contribution is -2.40. The van der Waals surface area contributed by atoms with Crippen LogP contribution in [-0.2, 0) is 19.1 Å². The van der Waals surface area contributed by atoms with E-state index in [0.717, 1.165) is 19.3 Å². The Morgan fingerprint density at radius 1 is 1.26 bits per heavy atom. The average molecular weight is 395 g/mol. The van der Waals surface area contributed by atoms with E-state index in [9.17, 15) is 24.5 Å². The summed E-state index contributed by atoms with van der Waals surface area (Å²) >= 11 is 5.81. The maximum Gasteiger partial charge on any atom is 0.309 e. The number of fused-ring (bicyclic) bond motifs is 2. The molecule has 8 nitrogen and oxygen atoms in total. The van der Waals surface area contributed by atoms with Gasteiger partial charge in [-0.15, -0.1) is 0 Å². The van der Waals surface area contributed by atoms with Gasteiger partial charge in [-0.1, -0.05) is 18.0 Å². The molecule has 0 saturated heterocycles. The number of rotatable bonds is 5. The third kappa shape index (κ3) is 4.44. The molecule has 0 aliphatic heterocycles. The SMILES string of the molecule is O=C(COC(=O)C1C[C@H]2CCC[C@@H](C1)C2=O)Nc1cc(Cl)ccc1[N+](=O)[O-]. The van der Waals surface area contributed by atoms with E-state index in [2.05, 4.69) is 5.32 Å². The summed E-state index contributed by atoms with van der Waals surface area (Å²) in [6, 6.07) is 3.78. The highest BCUT2D eigenvalue weighted by atomic mass is 35.5. The van der Waals surface area contributed by atoms with Crippen LogP contribution in [0.2, 0.25) is 5.02 Å². The van der Waals surface area contributed by atoms with E-state index in [-0.39, 0.29) is 39.9 Å². The van der Waals surface area contributed by atoms with Gasteiger partial charge >= 0.3 is 5.97 Å². The molecule has 0 radical (unpaired) electrons. The lowest BCUT2D eigenvalue weighted by Gasteiger charge is -2.36. The molecular weight excluding hydrogens is 376 g/mol. The van der Waals surface area contributed by atoms with E-state index in [0.29, 0.717) is 12.8 Å². The zero-order chi connectivity index (χ0) is 19.6. The van der Waals surface area contributed by atoms with Gasteiger partial charge in [-0.2, -0.15) is 0 Å². The Hall–Kier alpha value is -2.48. The van der Waals surface area contributed by atoms with Gasteiger partial charge in [0.15, 0.2) is 6.61 Å². The van der Waals surface area contributed by atoms with Crippen LogP contribution in [0, 0.1) is 27.9 Å². The van der Waals surface area contributed by atoms with Gasteiger partial charge in [-0.25, -0.2) is 0 Å². The summed E-state index contributed by atoms with van der Waals surface area (Å²) < 4.78 is 5.08. The summed E-state index contributed by atoms with van der Waals surface area (Å²) in [5, 5.41) is 13.6. The topological polar surface area (TPSA) is 116 Å². The number of anilines is 1. The lowest BCUT2D eigenvalue weighted by atomic mass is 9.67. The number of carbonyl (C=O) groups excluding carboxylic acids is 3. The number of esters is 1. The van der Waals surface area contributed by atoms with Crippen LogP contribution >= 0.6 is 11.6 Å². The number of hydrogen-bond acceptors (Lipinski definition) is 6. The van der Waals surface area contributed by atoms with Crippen LogP contribution in [0.3, 0.4) is 0 Å². The molecule has 0 heterocycles. The third-order valence-electron chi connectivity index (χ3n) is 5.16. The quantitative estimate of drug-likeness (QED) is 0.466. The summed E-state index contributed by atoms with van der Waals surface area (Å²) in [5.74, 6) is -1.51. The highest BCUT2D eigenvalue weighted by molar-refractivity contribution is 6.31. The minimum atomic E-state index is -0.694. The molecule has 2 fully saturated rings. The van der Waals surface area contributed by atoms with Crippen molar-refractivity contribution in [3.05, 3.63) is 33.3 Å². The first kappa shape index (κ1) is 19.3. The number of nitro benzene ring substituents is 1. The second kappa shape index (κ2) is 8.04. The van der Waals surface area contributed by atoms with Crippen LogP contribution in [0.5, 0.6) is 0 Å². The van der Waals surface area contributed by atoms with Gasteiger partial charge in [-0.05, 0) is 37.8 Å². The van der Waals surface area contributed by atoms with Crippen molar-refractivity contribution < 1.29 is 24.0 Å². The minimum absolute atomic E-state index is 0.0636. The number of nitrogens with one attached hydrogen (secondary N) is 1. The molecule has 1 aromatic rings. The minimum Gasteiger partial charge on any atom is -0.455 e. The van der Waals surface area contributed by atoms with Crippen LogP contribution in [0.1, 0.15) is 32.1 Å². The number of benzene rings is 1. The Kier molecular flexibility index (Phi) is 5.74. The molecule has 144 valence electrons. The highest BCUT2D eigenvalue weighted by Gasteiger charge is 2.41. The molecule has 1 unspecified atom stereocenters. The largest absolute Gasteiger partial charge is 0.455 e. The van der Waals surface area contributed by atoms with E-state index < -0.39 is 23.4 Å². The number of Topliss-reactive ketones (excluding diaryl/α,β-unsaturated/α-hetero) is 1. The maximum absolute atomic E-state index is 12.3. The molecule has 2 aliphatic rings. The van der Waals surface area contributed by atoms with Crippen molar-refractivity contribution in [1.82, 2.24) is 0 Å². The second-order valence-electron chi connectivity index (χ2n) is 6.97. The number of nitrogens with zero attached hydrogens (tertiary/aromatic N) is 1. The van der Waals surface area contributed by atoms with Crippen LogP contribution in [0.4, 0.5) is 11.4 Å². The molecule has 0 aromatic heterocycles. The van der Waals surface area contributed by atoms with E-state index in [1.54, 1.807) is 0 Å². The summed E-state index contributed by atoms with van der Waals surface area (Å²) in [6.45, 7) is -0.553. The van der Waals surface area contributed by atoms with Crippen molar-refractivity contribution in [1.29, 1.82) is 0 Å². The van der Waals surface area contributed by atoms with Gasteiger partial charge in [-0.3, -0.25) is 24.5 Å². The fourth-order valence-electron chi connectivity index (χ4n) is 3.88. The standard InChI is InChI=1S/C18H19ClN2O6/c19-13-4-5-15(21(25)26)14(8-13)20-16(22)9-27-18(24)12-6-10-2-1-3-11(7-12)17(10)23/h4-5,8,10-12H,1-3,6-7,9H2,(H,20,22)/t10-,11+,12?. The number of carbonyl (C=O) groups is 3. The van der Waals surface area contributed by atoms with Crippen molar-refractivity contribution in [2.75, 3.05) is 11.9 Å². The number of nitro groups is 1. The van der Waals surface area contributed by atoms with Crippen molar-refractivity contribution in [3.8, 4) is 0 Å². The first-order valence-corrected chi connectivity index (χ1v) is 9.17. The van der Waals surface area contributed by atoms with Gasteiger partial charge < -0.3 is 10.1 Å². The molecule has 2 saturated carbocycles. The van der Waals surface area contributed by atoms with E-state index in [1.165, 1.54) is 18.2 Å². The molecule has 1 aromatic carbocycles. The fourth-order valence-corrected chi connectivity index (χ4v) is 4.05. The van der Waals surface area contributed by atoms with Crippen LogP contribution in [-0.4, -0.2) is 29.2 Å². The number of ketones is 1. The van der Waals surface area contributed by atoms with Gasteiger partial charge in [0.25, 0.3) is 11.6 Å². The molecule has 1 amide bonds. The predicted octanol–water partition coefficient (Wildman–Crippen LogP) is 3.13. The summed E-state index contributed by atoms with van der Waals surface area (Å²) in [7, 11) is 0. The van der Waals surface area contributed by atoms with Crippen molar-refractivity contribution in [2.24, 2.45) is 17.8 Å². The highest BCUT2D eigenvalue weighted by Crippen LogP contribution is 2.40. The lowest BCUT2D eigenvalue weighted by molar-refractivity contribution is -0.383. The molecule has 9 heteroatoms. The summed E-state index contributed by atoms with van der Waals surface area (Å²) in [6.07, 6.45) is 3.55. The Bertz CT molecular complexity index is 780. The zero-order valence-electron chi connectivity index (χ0n) is 14.5. The van der Waals surface area contributed by atoms with Crippen molar-refractivity contribution in [2.45, 2.75) is 32.1 Å². The number of halogens is 1. The molecule has 3 atom stereocenters. The van der Waals surface area contributed by atoms with Gasteiger partial charge in [0.05, 0.1) is 10.8 Å². The first-order valence-electron chi connectivity index (χ1n) is 8.79. The predicted molar refractivity (Wildman–Crippen MR) is 96.3 cm³/mol.